The van der Waals surface area contributed by atoms with Crippen molar-refractivity contribution in [1.82, 2.24) is 0 Å². The molecule has 0 amide bonds. The van der Waals surface area contributed by atoms with Gasteiger partial charge < -0.3 is 10.2 Å². The predicted octanol–water partition coefficient (Wildman–Crippen LogP) is 11.2. The number of hydrogen-bond donors (Lipinski definition) is 2. The first-order valence-electron chi connectivity index (χ1n) is 15.0. The molecule has 0 aliphatic heterocycles. The fraction of sp³-hybridized carbons (Fsp3) is 0.0244. The molecule has 0 radical (unpaired) electrons. The first-order valence-corrected chi connectivity index (χ1v) is 16.7. The Labute approximate surface area is 268 Å². The van der Waals surface area contributed by atoms with Gasteiger partial charge in [0.2, 0.25) is 0 Å². The van der Waals surface area contributed by atoms with Gasteiger partial charge in [-0.05, 0) is 90.3 Å². The number of rotatable bonds is 4. The fourth-order valence-electron chi connectivity index (χ4n) is 7.63. The molecule has 0 atom stereocenters. The van der Waals surface area contributed by atoms with E-state index in [9.17, 15) is 10.2 Å². The van der Waals surface area contributed by atoms with Crippen LogP contribution in [0.5, 0.6) is 11.5 Å². The number of phenols is 2. The van der Waals surface area contributed by atoms with Crippen LogP contribution in [-0.4, -0.2) is 10.2 Å². The third-order valence-electron chi connectivity index (χ3n) is 9.37. The molecule has 0 saturated heterocycles. The molecule has 1 aliphatic rings. The molecule has 2 nitrogen and oxygen atoms in total. The third kappa shape index (κ3) is 3.61. The van der Waals surface area contributed by atoms with Crippen molar-refractivity contribution in [3.8, 4) is 43.5 Å². The predicted molar refractivity (Wildman–Crippen MR) is 189 cm³/mol. The first kappa shape index (κ1) is 26.3. The van der Waals surface area contributed by atoms with Gasteiger partial charge in [-0.25, -0.2) is 0 Å². The second-order valence-corrected chi connectivity index (χ2v) is 13.4. The monoisotopic (exact) mass is 614 g/mol. The summed E-state index contributed by atoms with van der Waals surface area (Å²) in [6.45, 7) is 0. The van der Waals surface area contributed by atoms with Crippen LogP contribution < -0.4 is 0 Å². The van der Waals surface area contributed by atoms with Crippen molar-refractivity contribution in [2.45, 2.75) is 5.41 Å². The summed E-state index contributed by atoms with van der Waals surface area (Å²) in [6, 6.07) is 46.3. The van der Waals surface area contributed by atoms with Gasteiger partial charge in [0.05, 0.1) is 5.41 Å². The Kier molecular flexibility index (Phi) is 5.79. The summed E-state index contributed by atoms with van der Waals surface area (Å²) in [4.78, 5) is 2.45. The van der Waals surface area contributed by atoms with Crippen LogP contribution in [0.4, 0.5) is 0 Å². The Morgan fingerprint density at radius 3 is 1.24 bits per heavy atom. The average Bonchev–Trinajstić information content (AvgIpc) is 3.87. The molecule has 45 heavy (non-hydrogen) atoms. The van der Waals surface area contributed by atoms with E-state index in [4.69, 9.17) is 0 Å². The lowest BCUT2D eigenvalue weighted by Crippen LogP contribution is -2.29. The van der Waals surface area contributed by atoms with Crippen molar-refractivity contribution in [3.63, 3.8) is 0 Å². The first-order chi connectivity index (χ1) is 22.2. The van der Waals surface area contributed by atoms with Gasteiger partial charge in [0.1, 0.15) is 11.5 Å². The topological polar surface area (TPSA) is 40.5 Å². The number of phenolic OH excluding ortho intramolecular Hbond substituents is 2. The zero-order valence-electron chi connectivity index (χ0n) is 24.1. The summed E-state index contributed by atoms with van der Waals surface area (Å²) in [6.07, 6.45) is 0. The maximum absolute atomic E-state index is 11.1. The second kappa shape index (κ2) is 9.93. The van der Waals surface area contributed by atoms with Crippen molar-refractivity contribution in [2.24, 2.45) is 0 Å². The molecule has 4 heteroatoms. The summed E-state index contributed by atoms with van der Waals surface area (Å²) in [7, 11) is 0. The van der Waals surface area contributed by atoms with Crippen molar-refractivity contribution in [1.29, 1.82) is 0 Å². The number of aromatic hydroxyl groups is 2. The number of hydrogen-bond acceptors (Lipinski definition) is 4. The van der Waals surface area contributed by atoms with Gasteiger partial charge in [0.15, 0.2) is 0 Å². The van der Waals surface area contributed by atoms with E-state index in [1.54, 1.807) is 22.7 Å². The normalized spacial score (nSPS) is 13.2. The Hall–Kier alpha value is -5.16. The van der Waals surface area contributed by atoms with Gasteiger partial charge in [-0.3, -0.25) is 0 Å². The summed E-state index contributed by atoms with van der Waals surface area (Å²) in [5, 5.41) is 30.1. The highest BCUT2D eigenvalue weighted by atomic mass is 32.1. The Morgan fingerprint density at radius 2 is 0.822 bits per heavy atom. The summed E-state index contributed by atoms with van der Waals surface area (Å²) >= 11 is 3.51. The molecule has 0 unspecified atom stereocenters. The van der Waals surface area contributed by atoms with Crippen LogP contribution in [0.3, 0.4) is 0 Å². The number of benzene rings is 6. The number of thiophene rings is 2. The quantitative estimate of drug-likeness (QED) is 0.207. The highest BCUT2D eigenvalue weighted by Gasteiger charge is 2.49. The van der Waals surface area contributed by atoms with E-state index in [0.717, 1.165) is 32.7 Å². The van der Waals surface area contributed by atoms with Gasteiger partial charge in [-0.2, -0.15) is 0 Å². The van der Waals surface area contributed by atoms with E-state index in [-0.39, 0.29) is 11.5 Å². The van der Waals surface area contributed by atoms with Crippen LogP contribution in [-0.2, 0) is 5.41 Å². The minimum atomic E-state index is -0.758. The van der Waals surface area contributed by atoms with E-state index in [2.05, 4.69) is 108 Å². The Morgan fingerprint density at radius 1 is 0.378 bits per heavy atom. The van der Waals surface area contributed by atoms with Crippen molar-refractivity contribution >= 4 is 44.2 Å². The lowest BCUT2D eigenvalue weighted by molar-refractivity contribution is 0.481. The van der Waals surface area contributed by atoms with Crippen LogP contribution in [0.25, 0.3) is 53.6 Å². The number of fused-ring (bicyclic) bond motifs is 5. The highest BCUT2D eigenvalue weighted by molar-refractivity contribution is 7.14. The van der Waals surface area contributed by atoms with Crippen molar-refractivity contribution < 1.29 is 10.2 Å². The average molecular weight is 615 g/mol. The lowest BCUT2D eigenvalue weighted by Gasteiger charge is -2.36. The molecule has 0 saturated carbocycles. The van der Waals surface area contributed by atoms with Crippen LogP contribution >= 0.6 is 22.7 Å². The van der Waals surface area contributed by atoms with E-state index in [1.165, 1.54) is 43.1 Å². The molecule has 0 fully saturated rings. The molecular formula is C41H26O2S2. The van der Waals surface area contributed by atoms with Crippen LogP contribution in [0.2, 0.25) is 0 Å². The van der Waals surface area contributed by atoms with Crippen molar-refractivity contribution in [2.75, 3.05) is 0 Å². The lowest BCUT2D eigenvalue weighted by atomic mass is 9.65. The maximum Gasteiger partial charge on any atom is 0.123 e. The molecule has 6 aromatic carbocycles. The minimum Gasteiger partial charge on any atom is -0.507 e. The SMILES string of the molecule is Oc1ccc(C2(c3ccc(O)c4ccccc34)c3cccc(-c4cccs4)c3-c3c(-c4cccs4)cccc32)c2ccccc12. The van der Waals surface area contributed by atoms with Crippen LogP contribution in [0.1, 0.15) is 22.3 Å². The summed E-state index contributed by atoms with van der Waals surface area (Å²) in [5.41, 5.74) is 8.70. The summed E-state index contributed by atoms with van der Waals surface area (Å²) < 4.78 is 0. The molecular weight excluding hydrogens is 589 g/mol. The molecule has 0 spiro atoms. The smallest absolute Gasteiger partial charge is 0.123 e. The molecule has 8 aromatic rings. The third-order valence-corrected chi connectivity index (χ3v) is 11.2. The molecule has 214 valence electrons. The van der Waals surface area contributed by atoms with Crippen LogP contribution in [0.15, 0.2) is 144 Å². The van der Waals surface area contributed by atoms with E-state index >= 15 is 0 Å². The molecule has 2 aromatic heterocycles. The van der Waals surface area contributed by atoms with Gasteiger partial charge in [-0.1, -0.05) is 109 Å². The van der Waals surface area contributed by atoms with E-state index in [0.29, 0.717) is 0 Å². The van der Waals surface area contributed by atoms with E-state index in [1.807, 2.05) is 36.4 Å². The zero-order chi connectivity index (χ0) is 30.1. The van der Waals surface area contributed by atoms with E-state index < -0.39 is 5.41 Å². The van der Waals surface area contributed by atoms with Gasteiger partial charge >= 0.3 is 0 Å². The van der Waals surface area contributed by atoms with Gasteiger partial charge in [0.25, 0.3) is 0 Å². The van der Waals surface area contributed by atoms with Gasteiger partial charge in [-0.15, -0.1) is 22.7 Å². The highest BCUT2D eigenvalue weighted by Crippen LogP contribution is 2.62. The minimum absolute atomic E-state index is 0.262. The Bertz CT molecular complexity index is 2230. The van der Waals surface area contributed by atoms with Crippen LogP contribution in [0, 0.1) is 0 Å². The fourth-order valence-corrected chi connectivity index (χ4v) is 9.15. The summed E-state index contributed by atoms with van der Waals surface area (Å²) in [5.74, 6) is 0.524. The molecule has 1 aliphatic carbocycles. The molecule has 2 heterocycles. The molecule has 9 rings (SSSR count). The van der Waals surface area contributed by atoms with Crippen molar-refractivity contribution in [3.05, 3.63) is 166 Å². The standard InChI is InChI=1S/C41H26O2S2/c42-35-21-19-31(25-9-1-3-11-27(25)35)41(32-20-22-36(43)28-12-4-2-10-26(28)32)33-15-5-13-29(37-17-7-23-44-37)39(33)40-30(14-6-16-34(40)41)38-18-8-24-45-38/h1-24,42-43H. The van der Waals surface area contributed by atoms with Gasteiger partial charge in [0, 0.05) is 20.5 Å². The Balaban J connectivity index is 1.56. The molecule has 0 bridgehead atoms. The largest absolute Gasteiger partial charge is 0.507 e. The molecule has 2 N–H and O–H groups in total. The second-order valence-electron chi connectivity index (χ2n) is 11.5. The zero-order valence-corrected chi connectivity index (χ0v) is 25.7. The maximum atomic E-state index is 11.1.